The predicted molar refractivity (Wildman–Crippen MR) is 132 cm³/mol. The van der Waals surface area contributed by atoms with E-state index in [2.05, 4.69) is 13.8 Å². The lowest BCUT2D eigenvalue weighted by Crippen LogP contribution is -2.26. The molecule has 2 saturated heterocycles. The molecule has 0 aromatic carbocycles. The first-order valence-electron chi connectivity index (χ1n) is 14.1. The van der Waals surface area contributed by atoms with E-state index in [-0.39, 0.29) is 0 Å². The van der Waals surface area contributed by atoms with Crippen molar-refractivity contribution in [2.75, 3.05) is 13.2 Å². The molecule has 0 aliphatic carbocycles. The molecule has 0 bridgehead atoms. The monoisotopic (exact) mass is 438 g/mol. The highest BCUT2D eigenvalue weighted by Gasteiger charge is 2.17. The van der Waals surface area contributed by atoms with Crippen molar-refractivity contribution in [2.24, 2.45) is 0 Å². The molecule has 0 radical (unpaired) electrons. The zero-order chi connectivity index (χ0) is 22.0. The normalized spacial score (nSPS) is 22.6. The SMILES string of the molecule is CC(CCCCCCCCCC1CCO1)OC(C)CCCCCCCCCC1CCO1. The van der Waals surface area contributed by atoms with Crippen molar-refractivity contribution in [3.63, 3.8) is 0 Å². The molecular formula is C28H54O3. The third kappa shape index (κ3) is 14.6. The van der Waals surface area contributed by atoms with Crippen LogP contribution >= 0.6 is 0 Å². The minimum Gasteiger partial charge on any atom is -0.378 e. The second-order valence-electron chi connectivity index (χ2n) is 10.4. The van der Waals surface area contributed by atoms with Crippen molar-refractivity contribution in [1.29, 1.82) is 0 Å². The van der Waals surface area contributed by atoms with E-state index >= 15 is 0 Å². The molecule has 0 aromatic heterocycles. The molecular weight excluding hydrogens is 384 g/mol. The molecule has 2 rings (SSSR count). The Morgan fingerprint density at radius 1 is 0.548 bits per heavy atom. The maximum Gasteiger partial charge on any atom is 0.0597 e. The van der Waals surface area contributed by atoms with Crippen molar-refractivity contribution in [3.05, 3.63) is 0 Å². The molecule has 31 heavy (non-hydrogen) atoms. The van der Waals surface area contributed by atoms with E-state index in [1.54, 1.807) is 0 Å². The highest BCUT2D eigenvalue weighted by atomic mass is 16.5. The maximum atomic E-state index is 6.22. The van der Waals surface area contributed by atoms with Crippen molar-refractivity contribution in [1.82, 2.24) is 0 Å². The van der Waals surface area contributed by atoms with Crippen LogP contribution in [0.25, 0.3) is 0 Å². The molecule has 0 N–H and O–H groups in total. The van der Waals surface area contributed by atoms with E-state index in [9.17, 15) is 0 Å². The van der Waals surface area contributed by atoms with Crippen LogP contribution in [0.3, 0.4) is 0 Å². The molecule has 3 heteroatoms. The van der Waals surface area contributed by atoms with Crippen LogP contribution in [0, 0.1) is 0 Å². The first-order chi connectivity index (χ1) is 15.2. The Morgan fingerprint density at radius 3 is 1.19 bits per heavy atom. The molecule has 4 unspecified atom stereocenters. The summed E-state index contributed by atoms with van der Waals surface area (Å²) >= 11 is 0. The summed E-state index contributed by atoms with van der Waals surface area (Å²) in [4.78, 5) is 0. The van der Waals surface area contributed by atoms with Gasteiger partial charge in [0.25, 0.3) is 0 Å². The first kappa shape index (κ1) is 27.1. The molecule has 2 aliphatic heterocycles. The van der Waals surface area contributed by atoms with Gasteiger partial charge in [0, 0.05) is 13.2 Å². The molecule has 0 spiro atoms. The summed E-state index contributed by atoms with van der Waals surface area (Å²) in [6.45, 7) is 6.55. The van der Waals surface area contributed by atoms with E-state index < -0.39 is 0 Å². The fourth-order valence-corrected chi connectivity index (χ4v) is 4.93. The summed E-state index contributed by atoms with van der Waals surface area (Å²) in [7, 11) is 0. The Labute approximate surface area is 194 Å². The van der Waals surface area contributed by atoms with Gasteiger partial charge in [0.1, 0.15) is 0 Å². The Morgan fingerprint density at radius 2 is 0.871 bits per heavy atom. The molecule has 2 heterocycles. The van der Waals surface area contributed by atoms with Crippen LogP contribution in [-0.2, 0) is 14.2 Å². The number of ether oxygens (including phenoxy) is 3. The van der Waals surface area contributed by atoms with Gasteiger partial charge in [-0.1, -0.05) is 89.9 Å². The third-order valence-electron chi connectivity index (χ3n) is 7.32. The van der Waals surface area contributed by atoms with Gasteiger partial charge in [-0.2, -0.15) is 0 Å². The Bertz CT molecular complexity index is 356. The van der Waals surface area contributed by atoms with Crippen molar-refractivity contribution in [2.45, 2.75) is 167 Å². The highest BCUT2D eigenvalue weighted by Crippen LogP contribution is 2.20. The first-order valence-corrected chi connectivity index (χ1v) is 14.1. The largest absolute Gasteiger partial charge is 0.378 e. The number of hydrogen-bond acceptors (Lipinski definition) is 3. The van der Waals surface area contributed by atoms with E-state index in [1.165, 1.54) is 128 Å². The van der Waals surface area contributed by atoms with E-state index in [1.807, 2.05) is 0 Å². The van der Waals surface area contributed by atoms with Gasteiger partial charge in [-0.05, 0) is 52.4 Å². The van der Waals surface area contributed by atoms with Gasteiger partial charge >= 0.3 is 0 Å². The quantitative estimate of drug-likeness (QED) is 0.159. The lowest BCUT2D eigenvalue weighted by atomic mass is 10.0. The van der Waals surface area contributed by atoms with Crippen LogP contribution in [0.1, 0.15) is 142 Å². The number of hydrogen-bond donors (Lipinski definition) is 0. The van der Waals surface area contributed by atoms with Gasteiger partial charge in [0.05, 0.1) is 24.4 Å². The highest BCUT2D eigenvalue weighted by molar-refractivity contribution is 4.67. The number of rotatable bonds is 22. The Balaban J connectivity index is 1.25. The summed E-state index contributed by atoms with van der Waals surface area (Å²) in [6.07, 6.45) is 29.1. The van der Waals surface area contributed by atoms with Crippen LogP contribution in [0.4, 0.5) is 0 Å². The summed E-state index contributed by atoms with van der Waals surface area (Å²) < 4.78 is 17.2. The van der Waals surface area contributed by atoms with Gasteiger partial charge in [0.2, 0.25) is 0 Å². The summed E-state index contributed by atoms with van der Waals surface area (Å²) in [5, 5.41) is 0. The molecule has 3 nitrogen and oxygen atoms in total. The number of unbranched alkanes of at least 4 members (excludes halogenated alkanes) is 12. The second kappa shape index (κ2) is 18.3. The van der Waals surface area contributed by atoms with Crippen molar-refractivity contribution in [3.8, 4) is 0 Å². The summed E-state index contributed by atoms with van der Waals surface area (Å²) in [5.74, 6) is 0. The minimum absolute atomic E-state index is 0.428. The minimum atomic E-state index is 0.428. The average Bonchev–Trinajstić information content (AvgIpc) is 2.68. The zero-order valence-electron chi connectivity index (χ0n) is 21.1. The van der Waals surface area contributed by atoms with Crippen molar-refractivity contribution >= 4 is 0 Å². The smallest absolute Gasteiger partial charge is 0.0597 e. The van der Waals surface area contributed by atoms with Crippen LogP contribution in [0.2, 0.25) is 0 Å². The summed E-state index contributed by atoms with van der Waals surface area (Å²) in [5.41, 5.74) is 0. The lowest BCUT2D eigenvalue weighted by Gasteiger charge is -2.26. The molecule has 0 amide bonds. The average molecular weight is 439 g/mol. The van der Waals surface area contributed by atoms with Crippen LogP contribution < -0.4 is 0 Å². The molecule has 0 aromatic rings. The fraction of sp³-hybridized carbons (Fsp3) is 1.00. The zero-order valence-corrected chi connectivity index (χ0v) is 21.1. The molecule has 2 fully saturated rings. The molecule has 4 atom stereocenters. The summed E-state index contributed by atoms with van der Waals surface area (Å²) in [6, 6.07) is 0. The molecule has 0 saturated carbocycles. The lowest BCUT2D eigenvalue weighted by molar-refractivity contribution is -0.0557. The van der Waals surface area contributed by atoms with Gasteiger partial charge in [-0.15, -0.1) is 0 Å². The van der Waals surface area contributed by atoms with Gasteiger partial charge < -0.3 is 14.2 Å². The predicted octanol–water partition coefficient (Wildman–Crippen LogP) is 8.38. The Kier molecular flexibility index (Phi) is 16.0. The van der Waals surface area contributed by atoms with Crippen LogP contribution in [-0.4, -0.2) is 37.6 Å². The van der Waals surface area contributed by atoms with Crippen molar-refractivity contribution < 1.29 is 14.2 Å². The van der Waals surface area contributed by atoms with E-state index in [4.69, 9.17) is 14.2 Å². The second-order valence-corrected chi connectivity index (χ2v) is 10.4. The van der Waals surface area contributed by atoms with Crippen LogP contribution in [0.15, 0.2) is 0 Å². The fourth-order valence-electron chi connectivity index (χ4n) is 4.93. The van der Waals surface area contributed by atoms with E-state index in [0.29, 0.717) is 24.4 Å². The Hall–Kier alpha value is -0.120. The molecule has 2 aliphatic rings. The third-order valence-corrected chi connectivity index (χ3v) is 7.32. The maximum absolute atomic E-state index is 6.22. The standard InChI is InChI=1S/C28H54O3/c1-25(17-13-9-5-3-7-11-15-19-27-21-23-29-27)31-26(2)18-14-10-6-4-8-12-16-20-28-22-24-30-28/h25-28H,3-24H2,1-2H3. The molecule has 184 valence electrons. The van der Waals surface area contributed by atoms with Gasteiger partial charge in [0.15, 0.2) is 0 Å². The van der Waals surface area contributed by atoms with Gasteiger partial charge in [-0.3, -0.25) is 0 Å². The van der Waals surface area contributed by atoms with Crippen LogP contribution in [0.5, 0.6) is 0 Å². The van der Waals surface area contributed by atoms with E-state index in [0.717, 1.165) is 13.2 Å². The van der Waals surface area contributed by atoms with Gasteiger partial charge in [-0.25, -0.2) is 0 Å². The topological polar surface area (TPSA) is 27.7 Å².